The maximum Gasteiger partial charge on any atom is 0.270 e. The summed E-state index contributed by atoms with van der Waals surface area (Å²) in [6, 6.07) is 8.88. The number of hydrogen-bond donors (Lipinski definition) is 1. The fourth-order valence-corrected chi connectivity index (χ4v) is 3.62. The van der Waals surface area contributed by atoms with Gasteiger partial charge in [0.05, 0.1) is 5.02 Å². The van der Waals surface area contributed by atoms with Crippen LogP contribution in [0.2, 0.25) is 5.02 Å². The van der Waals surface area contributed by atoms with Gasteiger partial charge in [0.25, 0.3) is 5.91 Å². The molecule has 0 spiro atoms. The van der Waals surface area contributed by atoms with Crippen LogP contribution in [-0.2, 0) is 6.61 Å². The van der Waals surface area contributed by atoms with Gasteiger partial charge in [0.2, 0.25) is 0 Å². The van der Waals surface area contributed by atoms with E-state index in [4.69, 9.17) is 16.3 Å². The lowest BCUT2D eigenvalue weighted by molar-refractivity contribution is 0.0947. The van der Waals surface area contributed by atoms with Crippen molar-refractivity contribution in [1.82, 2.24) is 10.3 Å². The molecule has 1 fully saturated rings. The van der Waals surface area contributed by atoms with Crippen LogP contribution in [0.5, 0.6) is 5.75 Å². The Morgan fingerprint density at radius 3 is 2.79 bits per heavy atom. The molecule has 0 atom stereocenters. The lowest BCUT2D eigenvalue weighted by Gasteiger charge is -2.09. The summed E-state index contributed by atoms with van der Waals surface area (Å²) < 4.78 is 33.8. The smallest absolute Gasteiger partial charge is 0.270 e. The largest absolute Gasteiger partial charge is 0.489 e. The lowest BCUT2D eigenvalue weighted by atomic mass is 10.2. The zero-order valence-corrected chi connectivity index (χ0v) is 16.1. The van der Waals surface area contributed by atoms with E-state index in [0.717, 1.165) is 12.8 Å². The standard InChI is InChI=1S/C20H15ClF2N2O2S/c21-15-2-1-3-16(22)14(15)9-27-12-6-7-13(17(23)8-12)20-25-18(10-28-20)19(26)24-11-4-5-11/h1-3,6-8,10-11H,4-5,9H2,(H,24,26). The first kappa shape index (κ1) is 18.8. The zero-order valence-electron chi connectivity index (χ0n) is 14.5. The van der Waals surface area contributed by atoms with Crippen molar-refractivity contribution in [3.63, 3.8) is 0 Å². The van der Waals surface area contributed by atoms with E-state index in [2.05, 4.69) is 10.3 Å². The normalized spacial score (nSPS) is 13.4. The number of hydrogen-bond acceptors (Lipinski definition) is 4. The average molecular weight is 421 g/mol. The number of rotatable bonds is 6. The van der Waals surface area contributed by atoms with Crippen LogP contribution in [0.3, 0.4) is 0 Å². The molecule has 4 rings (SSSR count). The number of ether oxygens (including phenoxy) is 1. The summed E-state index contributed by atoms with van der Waals surface area (Å²) >= 11 is 7.15. The van der Waals surface area contributed by atoms with Gasteiger partial charge in [-0.15, -0.1) is 11.3 Å². The van der Waals surface area contributed by atoms with Gasteiger partial charge in [0, 0.05) is 28.6 Å². The first-order chi connectivity index (χ1) is 13.5. The minimum atomic E-state index is -0.541. The maximum atomic E-state index is 14.5. The number of nitrogens with one attached hydrogen (secondary N) is 1. The minimum Gasteiger partial charge on any atom is -0.489 e. The first-order valence-electron chi connectivity index (χ1n) is 8.63. The molecular weight excluding hydrogens is 406 g/mol. The van der Waals surface area contributed by atoms with Crippen molar-refractivity contribution in [2.24, 2.45) is 0 Å². The molecule has 0 saturated heterocycles. The Labute approximate surface area is 169 Å². The molecule has 1 N–H and O–H groups in total. The van der Waals surface area contributed by atoms with E-state index in [-0.39, 0.29) is 46.1 Å². The van der Waals surface area contributed by atoms with E-state index in [1.54, 1.807) is 17.5 Å². The predicted molar refractivity (Wildman–Crippen MR) is 104 cm³/mol. The summed E-state index contributed by atoms with van der Waals surface area (Å²) in [5.74, 6) is -1.03. The van der Waals surface area contributed by atoms with Crippen molar-refractivity contribution in [3.05, 3.63) is 69.7 Å². The Morgan fingerprint density at radius 2 is 2.07 bits per heavy atom. The van der Waals surface area contributed by atoms with Gasteiger partial charge in [0.1, 0.15) is 34.7 Å². The summed E-state index contributed by atoms with van der Waals surface area (Å²) in [6.45, 7) is -0.118. The molecule has 4 nitrogen and oxygen atoms in total. The second-order valence-corrected chi connectivity index (χ2v) is 7.68. The SMILES string of the molecule is O=C(NC1CC1)c1csc(-c2ccc(OCc3c(F)cccc3Cl)cc2F)n1. The monoisotopic (exact) mass is 420 g/mol. The lowest BCUT2D eigenvalue weighted by Crippen LogP contribution is -2.25. The topological polar surface area (TPSA) is 51.2 Å². The van der Waals surface area contributed by atoms with Crippen LogP contribution in [0, 0.1) is 11.6 Å². The van der Waals surface area contributed by atoms with Crippen LogP contribution in [-0.4, -0.2) is 16.9 Å². The maximum absolute atomic E-state index is 14.5. The first-order valence-corrected chi connectivity index (χ1v) is 9.89. The number of amides is 1. The molecule has 8 heteroatoms. The van der Waals surface area contributed by atoms with Crippen molar-refractivity contribution in [3.8, 4) is 16.3 Å². The third-order valence-corrected chi connectivity index (χ3v) is 5.49. The Bertz CT molecular complexity index is 1020. The molecule has 1 aliphatic carbocycles. The summed E-state index contributed by atoms with van der Waals surface area (Å²) in [4.78, 5) is 16.3. The average Bonchev–Trinajstić information content (AvgIpc) is 3.34. The molecular formula is C20H15ClF2N2O2S. The third kappa shape index (κ3) is 4.15. The van der Waals surface area contributed by atoms with Crippen LogP contribution >= 0.6 is 22.9 Å². The second-order valence-electron chi connectivity index (χ2n) is 6.42. The molecule has 3 aromatic rings. The summed E-state index contributed by atoms with van der Waals surface area (Å²) in [6.07, 6.45) is 1.97. The van der Waals surface area contributed by atoms with Gasteiger partial charge in [-0.25, -0.2) is 13.8 Å². The zero-order chi connectivity index (χ0) is 19.7. The highest BCUT2D eigenvalue weighted by atomic mass is 35.5. The van der Waals surface area contributed by atoms with E-state index < -0.39 is 11.6 Å². The molecule has 1 heterocycles. The summed E-state index contributed by atoms with van der Waals surface area (Å²) in [5, 5.41) is 5.11. The van der Waals surface area contributed by atoms with Gasteiger partial charge in [0.15, 0.2) is 0 Å². The van der Waals surface area contributed by atoms with Gasteiger partial charge in [-0.1, -0.05) is 17.7 Å². The number of carbonyl (C=O) groups is 1. The molecule has 2 aromatic carbocycles. The number of aromatic nitrogens is 1. The number of halogens is 3. The van der Waals surface area contributed by atoms with Crippen molar-refractivity contribution in [1.29, 1.82) is 0 Å². The number of carbonyl (C=O) groups excluding carboxylic acids is 1. The Balaban J connectivity index is 1.47. The molecule has 1 amide bonds. The molecule has 0 bridgehead atoms. The summed E-state index contributed by atoms with van der Waals surface area (Å²) in [7, 11) is 0. The molecule has 144 valence electrons. The molecule has 1 saturated carbocycles. The van der Waals surface area contributed by atoms with Gasteiger partial charge < -0.3 is 10.1 Å². The van der Waals surface area contributed by atoms with Gasteiger partial charge in [-0.3, -0.25) is 4.79 Å². The van der Waals surface area contributed by atoms with Gasteiger partial charge in [-0.05, 0) is 37.1 Å². The predicted octanol–water partition coefficient (Wildman–Crippen LogP) is 5.21. The van der Waals surface area contributed by atoms with E-state index in [1.807, 2.05) is 0 Å². The van der Waals surface area contributed by atoms with Crippen LogP contribution in [0.15, 0.2) is 41.8 Å². The molecule has 0 unspecified atom stereocenters. The van der Waals surface area contributed by atoms with Gasteiger partial charge in [-0.2, -0.15) is 0 Å². The van der Waals surface area contributed by atoms with Gasteiger partial charge >= 0.3 is 0 Å². The van der Waals surface area contributed by atoms with E-state index >= 15 is 0 Å². The Hall–Kier alpha value is -2.51. The second kappa shape index (κ2) is 7.85. The molecule has 1 aliphatic rings. The highest BCUT2D eigenvalue weighted by Crippen LogP contribution is 2.30. The van der Waals surface area contributed by atoms with Crippen LogP contribution in [0.25, 0.3) is 10.6 Å². The third-order valence-electron chi connectivity index (χ3n) is 4.27. The van der Waals surface area contributed by atoms with E-state index in [0.29, 0.717) is 5.01 Å². The highest BCUT2D eigenvalue weighted by molar-refractivity contribution is 7.13. The van der Waals surface area contributed by atoms with Crippen LogP contribution < -0.4 is 10.1 Å². The molecule has 1 aromatic heterocycles. The van der Waals surface area contributed by atoms with Crippen LogP contribution in [0.4, 0.5) is 8.78 Å². The molecule has 0 radical (unpaired) electrons. The van der Waals surface area contributed by atoms with Crippen molar-refractivity contribution >= 4 is 28.8 Å². The quantitative estimate of drug-likeness (QED) is 0.595. The van der Waals surface area contributed by atoms with Crippen molar-refractivity contribution in [2.45, 2.75) is 25.5 Å². The van der Waals surface area contributed by atoms with E-state index in [9.17, 15) is 13.6 Å². The van der Waals surface area contributed by atoms with E-state index in [1.165, 1.54) is 35.6 Å². The number of benzene rings is 2. The number of nitrogens with zero attached hydrogens (tertiary/aromatic N) is 1. The minimum absolute atomic E-state index is 0.118. The Kier molecular flexibility index (Phi) is 5.28. The van der Waals surface area contributed by atoms with Crippen LogP contribution in [0.1, 0.15) is 28.9 Å². The van der Waals surface area contributed by atoms with Crippen molar-refractivity contribution in [2.75, 3.05) is 0 Å². The number of thiazole rings is 1. The highest BCUT2D eigenvalue weighted by Gasteiger charge is 2.25. The molecule has 28 heavy (non-hydrogen) atoms. The fourth-order valence-electron chi connectivity index (χ4n) is 2.57. The Morgan fingerprint density at radius 1 is 1.25 bits per heavy atom. The van der Waals surface area contributed by atoms with Crippen molar-refractivity contribution < 1.29 is 18.3 Å². The summed E-state index contributed by atoms with van der Waals surface area (Å²) in [5.41, 5.74) is 0.757. The fraction of sp³-hybridized carbons (Fsp3) is 0.200. The molecule has 0 aliphatic heterocycles.